The van der Waals surface area contributed by atoms with Gasteiger partial charge in [-0.1, -0.05) is 64.7 Å². The molecule has 32 heavy (non-hydrogen) atoms. The summed E-state index contributed by atoms with van der Waals surface area (Å²) in [6.45, 7) is 3.08. The van der Waals surface area contributed by atoms with Crippen molar-refractivity contribution in [2.45, 2.75) is 76.0 Å². The molecule has 2 rings (SSSR count). The second-order valence-electron chi connectivity index (χ2n) is 7.77. The molecule has 2 aromatic rings. The van der Waals surface area contributed by atoms with Gasteiger partial charge in [0.1, 0.15) is 0 Å². The zero-order valence-electron chi connectivity index (χ0n) is 18.8. The average molecular weight is 478 g/mol. The van der Waals surface area contributed by atoms with Crippen LogP contribution in [-0.4, -0.2) is 30.0 Å². The third-order valence-electron chi connectivity index (χ3n) is 5.03. The predicted molar refractivity (Wildman–Crippen MR) is 135 cm³/mol. The quantitative estimate of drug-likeness (QED) is 0.231. The van der Waals surface area contributed by atoms with Crippen LogP contribution in [0.25, 0.3) is 0 Å². The summed E-state index contributed by atoms with van der Waals surface area (Å²) in [7, 11) is -3.74. The van der Waals surface area contributed by atoms with Gasteiger partial charge in [0.15, 0.2) is 5.11 Å². The molecular weight excluding hydrogens is 442 g/mol. The zero-order valence-corrected chi connectivity index (χ0v) is 20.5. The van der Waals surface area contributed by atoms with Crippen molar-refractivity contribution >= 4 is 39.0 Å². The number of nitrogens with one attached hydrogen (secondary N) is 3. The number of aromatic nitrogens is 2. The first-order chi connectivity index (χ1) is 15.5. The van der Waals surface area contributed by atoms with E-state index in [2.05, 4.69) is 32.2 Å². The molecule has 7 nitrogen and oxygen atoms in total. The Hall–Kier alpha value is -2.26. The molecule has 0 saturated heterocycles. The number of hydrogen-bond donors (Lipinski definition) is 3. The van der Waals surface area contributed by atoms with Crippen LogP contribution in [0, 0.1) is 0 Å². The highest BCUT2D eigenvalue weighted by atomic mass is 32.2. The van der Waals surface area contributed by atoms with Crippen LogP contribution in [0.3, 0.4) is 0 Å². The molecule has 1 aromatic heterocycles. The van der Waals surface area contributed by atoms with Gasteiger partial charge < -0.3 is 10.6 Å². The Balaban J connectivity index is 1.61. The summed E-state index contributed by atoms with van der Waals surface area (Å²) in [4.78, 5) is 7.88. The van der Waals surface area contributed by atoms with Gasteiger partial charge in [0.25, 0.3) is 10.0 Å². The third kappa shape index (κ3) is 10.4. The normalized spacial score (nSPS) is 11.2. The van der Waals surface area contributed by atoms with Crippen LogP contribution in [-0.2, 0) is 10.0 Å². The molecule has 3 N–H and O–H groups in total. The minimum atomic E-state index is -3.74. The topological polar surface area (TPSA) is 96.0 Å². The fourth-order valence-corrected chi connectivity index (χ4v) is 4.42. The summed E-state index contributed by atoms with van der Waals surface area (Å²) in [5.41, 5.74) is 0.723. The summed E-state index contributed by atoms with van der Waals surface area (Å²) in [5, 5.41) is 6.83. The number of sulfonamides is 1. The lowest BCUT2D eigenvalue weighted by atomic mass is 10.1. The second-order valence-corrected chi connectivity index (χ2v) is 9.86. The lowest BCUT2D eigenvalue weighted by Gasteiger charge is -2.11. The van der Waals surface area contributed by atoms with E-state index >= 15 is 0 Å². The van der Waals surface area contributed by atoms with Gasteiger partial charge in [0.05, 0.1) is 4.90 Å². The van der Waals surface area contributed by atoms with E-state index in [1.165, 1.54) is 82.3 Å². The van der Waals surface area contributed by atoms with Crippen LogP contribution in [0.4, 0.5) is 11.6 Å². The van der Waals surface area contributed by atoms with Gasteiger partial charge >= 0.3 is 0 Å². The average Bonchev–Trinajstić information content (AvgIpc) is 2.78. The van der Waals surface area contributed by atoms with Gasteiger partial charge in [0, 0.05) is 24.6 Å². The van der Waals surface area contributed by atoms with E-state index in [1.54, 1.807) is 18.2 Å². The van der Waals surface area contributed by atoms with E-state index in [9.17, 15) is 8.42 Å². The molecule has 0 bridgehead atoms. The molecule has 0 aliphatic carbocycles. The Morgan fingerprint density at radius 1 is 0.875 bits per heavy atom. The van der Waals surface area contributed by atoms with Crippen molar-refractivity contribution < 1.29 is 8.42 Å². The summed E-state index contributed by atoms with van der Waals surface area (Å²) >= 11 is 5.33. The number of benzene rings is 1. The molecule has 0 amide bonds. The predicted octanol–water partition coefficient (Wildman–Crippen LogP) is 5.48. The molecule has 0 fully saturated rings. The molecular formula is C23H35N5O2S2. The number of nitrogens with zero attached hydrogens (tertiary/aromatic N) is 2. The van der Waals surface area contributed by atoms with Crippen molar-refractivity contribution in [2.75, 3.05) is 16.6 Å². The van der Waals surface area contributed by atoms with Crippen molar-refractivity contribution in [2.24, 2.45) is 0 Å². The first-order valence-corrected chi connectivity index (χ1v) is 13.3. The van der Waals surface area contributed by atoms with Gasteiger partial charge in [-0.25, -0.2) is 23.1 Å². The molecule has 0 spiro atoms. The Labute approximate surface area is 197 Å². The Morgan fingerprint density at radius 2 is 1.44 bits per heavy atom. The molecule has 176 valence electrons. The van der Waals surface area contributed by atoms with Gasteiger partial charge in [-0.05, 0) is 49.0 Å². The van der Waals surface area contributed by atoms with E-state index in [1.807, 2.05) is 0 Å². The molecule has 0 atom stereocenters. The number of hydrogen-bond acceptors (Lipinski definition) is 5. The minimum Gasteiger partial charge on any atom is -0.362 e. The fourth-order valence-electron chi connectivity index (χ4n) is 3.24. The van der Waals surface area contributed by atoms with Crippen molar-refractivity contribution in [3.8, 4) is 0 Å². The van der Waals surface area contributed by atoms with Crippen molar-refractivity contribution in [1.82, 2.24) is 15.3 Å². The number of anilines is 2. The molecule has 0 aliphatic heterocycles. The number of thiocarbonyl (C=S) groups is 1. The van der Waals surface area contributed by atoms with Crippen molar-refractivity contribution in [3.05, 3.63) is 42.7 Å². The third-order valence-corrected chi connectivity index (χ3v) is 6.62. The van der Waals surface area contributed by atoms with E-state index in [4.69, 9.17) is 12.2 Å². The van der Waals surface area contributed by atoms with Gasteiger partial charge in [-0.3, -0.25) is 0 Å². The second kappa shape index (κ2) is 14.7. The molecule has 0 unspecified atom stereocenters. The monoisotopic (exact) mass is 477 g/mol. The number of unbranched alkanes of at least 4 members (excludes halogenated alkanes) is 9. The van der Waals surface area contributed by atoms with Crippen LogP contribution in [0.2, 0.25) is 0 Å². The molecule has 1 heterocycles. The van der Waals surface area contributed by atoms with Crippen LogP contribution in [0.5, 0.6) is 0 Å². The molecule has 1 aromatic carbocycles. The van der Waals surface area contributed by atoms with E-state index < -0.39 is 10.0 Å². The molecule has 0 saturated carbocycles. The zero-order chi connectivity index (χ0) is 23.1. The Bertz CT molecular complexity index is 890. The number of rotatable bonds is 15. The highest BCUT2D eigenvalue weighted by molar-refractivity contribution is 7.92. The van der Waals surface area contributed by atoms with Crippen LogP contribution in [0.1, 0.15) is 71.1 Å². The largest absolute Gasteiger partial charge is 0.362 e. The maximum Gasteiger partial charge on any atom is 0.264 e. The summed E-state index contributed by atoms with van der Waals surface area (Å²) in [6.07, 6.45) is 16.0. The SMILES string of the molecule is CCCCCCCCCCCCNC(=S)Nc1ccc(S(=O)(=O)Nc2ncccn2)cc1. The first kappa shape index (κ1) is 26.0. The molecule has 0 radical (unpaired) electrons. The standard InChI is InChI=1S/C23H35N5O2S2/c1-2-3-4-5-6-7-8-9-10-11-17-26-23(31)27-20-13-15-21(16-14-20)32(29,30)28-22-24-18-12-19-25-22/h12-16,18-19H,2-11,17H2,1H3,(H,24,25,28)(H2,26,27,31). The van der Waals surface area contributed by atoms with Gasteiger partial charge in [-0.2, -0.15) is 0 Å². The minimum absolute atomic E-state index is 0.0343. The Morgan fingerprint density at radius 3 is 2.03 bits per heavy atom. The van der Waals surface area contributed by atoms with Crippen molar-refractivity contribution in [1.29, 1.82) is 0 Å². The van der Waals surface area contributed by atoms with E-state index in [0.29, 0.717) is 5.11 Å². The highest BCUT2D eigenvalue weighted by Crippen LogP contribution is 2.16. The van der Waals surface area contributed by atoms with E-state index in [-0.39, 0.29) is 10.8 Å². The summed E-state index contributed by atoms with van der Waals surface area (Å²) in [6, 6.07) is 7.99. The van der Waals surface area contributed by atoms with Crippen molar-refractivity contribution in [3.63, 3.8) is 0 Å². The maximum atomic E-state index is 12.4. The van der Waals surface area contributed by atoms with Gasteiger partial charge in [0.2, 0.25) is 5.95 Å². The lowest BCUT2D eigenvalue weighted by molar-refractivity contribution is 0.555. The first-order valence-electron chi connectivity index (χ1n) is 11.5. The lowest BCUT2D eigenvalue weighted by Crippen LogP contribution is -2.29. The Kier molecular flexibility index (Phi) is 12.0. The fraction of sp³-hybridized carbons (Fsp3) is 0.522. The van der Waals surface area contributed by atoms with Crippen LogP contribution < -0.4 is 15.4 Å². The maximum absolute atomic E-state index is 12.4. The van der Waals surface area contributed by atoms with Crippen LogP contribution in [0.15, 0.2) is 47.6 Å². The smallest absolute Gasteiger partial charge is 0.264 e. The van der Waals surface area contributed by atoms with Crippen LogP contribution >= 0.6 is 12.2 Å². The summed E-state index contributed by atoms with van der Waals surface area (Å²) in [5.74, 6) is 0.0343. The summed E-state index contributed by atoms with van der Waals surface area (Å²) < 4.78 is 27.2. The molecule has 9 heteroatoms. The van der Waals surface area contributed by atoms with E-state index in [0.717, 1.165) is 18.7 Å². The highest BCUT2D eigenvalue weighted by Gasteiger charge is 2.15. The molecule has 0 aliphatic rings. The van der Waals surface area contributed by atoms with Gasteiger partial charge in [-0.15, -0.1) is 0 Å².